The third-order valence-corrected chi connectivity index (χ3v) is 4.71. The first kappa shape index (κ1) is 15.8. The van der Waals surface area contributed by atoms with Gasteiger partial charge in [-0.15, -0.1) is 0 Å². The van der Waals surface area contributed by atoms with Crippen molar-refractivity contribution < 1.29 is 4.74 Å². The van der Waals surface area contributed by atoms with Crippen LogP contribution in [0.1, 0.15) is 49.7 Å². The molecule has 0 spiro atoms. The minimum absolute atomic E-state index is 0.467. The third kappa shape index (κ3) is 3.81. The second kappa shape index (κ2) is 7.44. The van der Waals surface area contributed by atoms with Gasteiger partial charge in [0.25, 0.3) is 0 Å². The molecule has 118 valence electrons. The fraction of sp³-hybridized carbons (Fsp3) is 0.381. The highest BCUT2D eigenvalue weighted by Crippen LogP contribution is 2.31. The van der Waals surface area contributed by atoms with Crippen LogP contribution in [0.25, 0.3) is 11.1 Å². The predicted molar refractivity (Wildman–Crippen MR) is 93.2 cm³/mol. The molecule has 1 saturated heterocycles. The van der Waals surface area contributed by atoms with Gasteiger partial charge in [-0.1, -0.05) is 49.7 Å². The first-order chi connectivity index (χ1) is 11.3. The second-order valence-corrected chi connectivity index (χ2v) is 6.33. The zero-order valence-electron chi connectivity index (χ0n) is 13.7. The predicted octanol–water partition coefficient (Wildman–Crippen LogP) is 5.29. The van der Waals surface area contributed by atoms with Gasteiger partial charge in [0.15, 0.2) is 0 Å². The highest BCUT2D eigenvalue weighted by Gasteiger charge is 2.22. The van der Waals surface area contributed by atoms with E-state index >= 15 is 0 Å². The summed E-state index contributed by atoms with van der Waals surface area (Å²) in [7, 11) is 0. The molecule has 2 atom stereocenters. The molecule has 2 nitrogen and oxygen atoms in total. The van der Waals surface area contributed by atoms with Gasteiger partial charge in [-0.2, -0.15) is 5.26 Å². The summed E-state index contributed by atoms with van der Waals surface area (Å²) in [5, 5.41) is 8.87. The fourth-order valence-electron chi connectivity index (χ4n) is 3.30. The number of hydrogen-bond donors (Lipinski definition) is 0. The quantitative estimate of drug-likeness (QED) is 0.769. The number of rotatable bonds is 4. The molecule has 0 radical (unpaired) electrons. The molecule has 1 aliphatic heterocycles. The minimum Gasteiger partial charge on any atom is -0.378 e. The summed E-state index contributed by atoms with van der Waals surface area (Å²) >= 11 is 0. The van der Waals surface area contributed by atoms with Gasteiger partial charge < -0.3 is 4.74 Å². The summed E-state index contributed by atoms with van der Waals surface area (Å²) in [6.45, 7) is 3.07. The molecule has 2 unspecified atom stereocenters. The van der Waals surface area contributed by atoms with Crippen LogP contribution in [0.2, 0.25) is 0 Å². The van der Waals surface area contributed by atoms with E-state index in [1.807, 2.05) is 24.3 Å². The van der Waals surface area contributed by atoms with Crippen molar-refractivity contribution in [1.29, 1.82) is 5.26 Å². The van der Waals surface area contributed by atoms with Gasteiger partial charge in [-0.3, -0.25) is 0 Å². The van der Waals surface area contributed by atoms with E-state index in [0.717, 1.165) is 12.2 Å². The number of benzene rings is 2. The lowest BCUT2D eigenvalue weighted by Gasteiger charge is -2.29. The summed E-state index contributed by atoms with van der Waals surface area (Å²) in [5.74, 6) is 0.526. The molecule has 1 aliphatic rings. The molecule has 2 aromatic rings. The summed E-state index contributed by atoms with van der Waals surface area (Å²) in [6, 6.07) is 18.7. The lowest BCUT2D eigenvalue weighted by atomic mass is 9.89. The van der Waals surface area contributed by atoms with Gasteiger partial charge in [-0.05, 0) is 48.1 Å². The van der Waals surface area contributed by atoms with E-state index in [1.54, 1.807) is 0 Å². The van der Waals surface area contributed by atoms with Crippen molar-refractivity contribution >= 4 is 0 Å². The zero-order chi connectivity index (χ0) is 16.1. The normalized spacial score (nSPS) is 20.9. The summed E-state index contributed by atoms with van der Waals surface area (Å²) in [5.41, 5.74) is 4.42. The number of hydrogen-bond acceptors (Lipinski definition) is 2. The molecule has 0 aliphatic carbocycles. The lowest BCUT2D eigenvalue weighted by Crippen LogP contribution is -2.24. The van der Waals surface area contributed by atoms with Crippen molar-refractivity contribution in [3.05, 3.63) is 59.7 Å². The van der Waals surface area contributed by atoms with Crippen LogP contribution in [-0.2, 0) is 4.74 Å². The molecule has 0 saturated carbocycles. The van der Waals surface area contributed by atoms with E-state index in [0.29, 0.717) is 17.6 Å². The van der Waals surface area contributed by atoms with Crippen LogP contribution in [0.4, 0.5) is 0 Å². The average molecular weight is 305 g/mol. The fourth-order valence-corrected chi connectivity index (χ4v) is 3.30. The maximum atomic E-state index is 8.87. The second-order valence-electron chi connectivity index (χ2n) is 6.33. The number of ether oxygens (including phenoxy) is 1. The Morgan fingerprint density at radius 2 is 1.65 bits per heavy atom. The summed E-state index contributed by atoms with van der Waals surface area (Å²) < 4.78 is 6.00. The van der Waals surface area contributed by atoms with E-state index in [2.05, 4.69) is 37.3 Å². The smallest absolute Gasteiger partial charge is 0.0991 e. The Bertz CT molecular complexity index is 658. The molecule has 0 bridgehead atoms. The molecule has 23 heavy (non-hydrogen) atoms. The van der Waals surface area contributed by atoms with Crippen molar-refractivity contribution in [2.45, 2.75) is 44.6 Å². The van der Waals surface area contributed by atoms with Gasteiger partial charge in [0.1, 0.15) is 0 Å². The summed E-state index contributed by atoms with van der Waals surface area (Å²) in [4.78, 5) is 0. The van der Waals surface area contributed by atoms with Crippen LogP contribution in [0.15, 0.2) is 48.5 Å². The number of nitriles is 1. The SMILES string of the molecule is CCCC1CCC(c2ccc(-c3ccc(C#N)cc3)cc2)CO1. The van der Waals surface area contributed by atoms with Crippen molar-refractivity contribution in [3.8, 4) is 17.2 Å². The Balaban J connectivity index is 1.66. The van der Waals surface area contributed by atoms with Crippen molar-refractivity contribution in [3.63, 3.8) is 0 Å². The Kier molecular flexibility index (Phi) is 5.10. The molecule has 2 heteroatoms. The van der Waals surface area contributed by atoms with Crippen LogP contribution < -0.4 is 0 Å². The molecule has 0 amide bonds. The average Bonchev–Trinajstić information content (AvgIpc) is 2.63. The molecule has 3 rings (SSSR count). The zero-order valence-corrected chi connectivity index (χ0v) is 13.7. The molecule has 0 N–H and O–H groups in total. The maximum absolute atomic E-state index is 8.87. The Morgan fingerprint density at radius 1 is 1.00 bits per heavy atom. The first-order valence-corrected chi connectivity index (χ1v) is 8.52. The van der Waals surface area contributed by atoms with E-state index in [-0.39, 0.29) is 0 Å². The van der Waals surface area contributed by atoms with Gasteiger partial charge in [0.05, 0.1) is 24.3 Å². The molecule has 1 heterocycles. The van der Waals surface area contributed by atoms with Gasteiger partial charge in [0, 0.05) is 5.92 Å². The third-order valence-electron chi connectivity index (χ3n) is 4.71. The Hall–Kier alpha value is -2.11. The van der Waals surface area contributed by atoms with E-state index in [4.69, 9.17) is 10.00 Å². The van der Waals surface area contributed by atoms with Crippen LogP contribution in [0.5, 0.6) is 0 Å². The van der Waals surface area contributed by atoms with Gasteiger partial charge in [0.2, 0.25) is 0 Å². The van der Waals surface area contributed by atoms with E-state index in [9.17, 15) is 0 Å². The van der Waals surface area contributed by atoms with Crippen molar-refractivity contribution in [2.24, 2.45) is 0 Å². The monoisotopic (exact) mass is 305 g/mol. The lowest BCUT2D eigenvalue weighted by molar-refractivity contribution is -0.00111. The molecule has 0 aromatic heterocycles. The minimum atomic E-state index is 0.467. The highest BCUT2D eigenvalue weighted by atomic mass is 16.5. The molecular formula is C21H23NO. The standard InChI is InChI=1S/C21H23NO/c1-2-3-21-13-12-20(15-23-21)19-10-8-18(9-11-19)17-6-4-16(14-22)5-7-17/h4-11,20-21H,2-3,12-13,15H2,1H3. The Morgan fingerprint density at radius 3 is 2.17 bits per heavy atom. The van der Waals surface area contributed by atoms with Crippen LogP contribution >= 0.6 is 0 Å². The van der Waals surface area contributed by atoms with Crippen LogP contribution in [0, 0.1) is 11.3 Å². The molecular weight excluding hydrogens is 282 g/mol. The van der Waals surface area contributed by atoms with Gasteiger partial charge >= 0.3 is 0 Å². The summed E-state index contributed by atoms with van der Waals surface area (Å²) in [6.07, 6.45) is 5.25. The highest BCUT2D eigenvalue weighted by molar-refractivity contribution is 5.64. The maximum Gasteiger partial charge on any atom is 0.0991 e. The van der Waals surface area contributed by atoms with E-state index < -0.39 is 0 Å². The molecule has 2 aromatic carbocycles. The molecule has 1 fully saturated rings. The largest absolute Gasteiger partial charge is 0.378 e. The van der Waals surface area contributed by atoms with Crippen LogP contribution in [-0.4, -0.2) is 12.7 Å². The van der Waals surface area contributed by atoms with Crippen molar-refractivity contribution in [2.75, 3.05) is 6.61 Å². The topological polar surface area (TPSA) is 33.0 Å². The Labute approximate surface area is 138 Å². The van der Waals surface area contributed by atoms with E-state index in [1.165, 1.54) is 36.8 Å². The van der Waals surface area contributed by atoms with Crippen molar-refractivity contribution in [1.82, 2.24) is 0 Å². The van der Waals surface area contributed by atoms with Gasteiger partial charge in [-0.25, -0.2) is 0 Å². The number of nitrogens with zero attached hydrogens (tertiary/aromatic N) is 1. The first-order valence-electron chi connectivity index (χ1n) is 8.52. The van der Waals surface area contributed by atoms with Crippen LogP contribution in [0.3, 0.4) is 0 Å².